The zero-order valence-corrected chi connectivity index (χ0v) is 15.1. The Kier molecular flexibility index (Phi) is 6.08. The van der Waals surface area contributed by atoms with E-state index in [1.165, 1.54) is 25.3 Å². The summed E-state index contributed by atoms with van der Waals surface area (Å²) >= 11 is 5.91. The first-order chi connectivity index (χ1) is 11.3. The Morgan fingerprint density at radius 2 is 2.12 bits per heavy atom. The van der Waals surface area contributed by atoms with Crippen LogP contribution in [-0.2, 0) is 14.8 Å². The monoisotopic (exact) mass is 376 g/mol. The molecule has 0 aromatic heterocycles. The number of hydrogen-bond donors (Lipinski definition) is 2. The van der Waals surface area contributed by atoms with E-state index in [0.29, 0.717) is 30.2 Å². The Morgan fingerprint density at radius 1 is 1.46 bits per heavy atom. The summed E-state index contributed by atoms with van der Waals surface area (Å²) in [5, 5.41) is 9.22. The van der Waals surface area contributed by atoms with Gasteiger partial charge in [0.15, 0.2) is 0 Å². The highest BCUT2D eigenvalue weighted by Gasteiger charge is 2.36. The Bertz CT molecular complexity index is 704. The number of halogens is 1. The molecule has 0 saturated heterocycles. The van der Waals surface area contributed by atoms with Crippen LogP contribution in [0.1, 0.15) is 19.8 Å². The third kappa shape index (κ3) is 4.38. The number of sulfonamides is 1. The van der Waals surface area contributed by atoms with E-state index in [0.717, 1.165) is 0 Å². The van der Waals surface area contributed by atoms with Gasteiger partial charge in [-0.3, -0.25) is 9.69 Å². The van der Waals surface area contributed by atoms with E-state index in [1.54, 1.807) is 0 Å². The quantitative estimate of drug-likeness (QED) is 0.714. The van der Waals surface area contributed by atoms with Crippen molar-refractivity contribution in [3.8, 4) is 5.75 Å². The van der Waals surface area contributed by atoms with E-state index in [9.17, 15) is 13.2 Å². The van der Waals surface area contributed by atoms with Crippen LogP contribution in [0.4, 0.5) is 0 Å². The summed E-state index contributed by atoms with van der Waals surface area (Å²) in [6.45, 7) is 2.47. The van der Waals surface area contributed by atoms with Crippen LogP contribution in [-0.4, -0.2) is 56.7 Å². The molecule has 0 bridgehead atoms. The average molecular weight is 377 g/mol. The van der Waals surface area contributed by atoms with Crippen molar-refractivity contribution in [2.45, 2.75) is 36.7 Å². The molecular weight excluding hydrogens is 356 g/mol. The molecule has 0 amide bonds. The van der Waals surface area contributed by atoms with Crippen LogP contribution in [0.25, 0.3) is 0 Å². The summed E-state index contributed by atoms with van der Waals surface area (Å²) in [5.41, 5.74) is 0. The first-order valence-corrected chi connectivity index (χ1v) is 9.44. The number of rotatable bonds is 8. The summed E-state index contributed by atoms with van der Waals surface area (Å²) in [4.78, 5) is 12.7. The summed E-state index contributed by atoms with van der Waals surface area (Å²) in [7, 11) is -2.25. The molecule has 0 heterocycles. The lowest BCUT2D eigenvalue weighted by molar-refractivity contribution is -0.139. The lowest BCUT2D eigenvalue weighted by Crippen LogP contribution is -2.54. The first kappa shape index (κ1) is 19.0. The third-order valence-electron chi connectivity index (χ3n) is 4.13. The van der Waals surface area contributed by atoms with Gasteiger partial charge in [0.1, 0.15) is 5.75 Å². The molecule has 0 spiro atoms. The van der Waals surface area contributed by atoms with Crippen LogP contribution in [0.15, 0.2) is 23.1 Å². The molecule has 2 N–H and O–H groups in total. The van der Waals surface area contributed by atoms with Crippen molar-refractivity contribution in [3.05, 3.63) is 23.2 Å². The Hall–Kier alpha value is -1.35. The van der Waals surface area contributed by atoms with E-state index in [4.69, 9.17) is 21.4 Å². The maximum absolute atomic E-state index is 12.4. The van der Waals surface area contributed by atoms with Crippen molar-refractivity contribution >= 4 is 27.6 Å². The molecule has 1 aromatic carbocycles. The summed E-state index contributed by atoms with van der Waals surface area (Å²) in [6, 6.07) is 4.16. The molecule has 2 rings (SSSR count). The molecule has 0 atom stereocenters. The van der Waals surface area contributed by atoms with Gasteiger partial charge in [-0.15, -0.1) is 0 Å². The van der Waals surface area contributed by atoms with E-state index in [-0.39, 0.29) is 23.5 Å². The van der Waals surface area contributed by atoms with Gasteiger partial charge in [-0.05, 0) is 31.5 Å². The van der Waals surface area contributed by atoms with Gasteiger partial charge < -0.3 is 9.84 Å². The molecule has 1 aromatic rings. The molecule has 134 valence electrons. The van der Waals surface area contributed by atoms with E-state index in [2.05, 4.69) is 4.72 Å². The average Bonchev–Trinajstić information content (AvgIpc) is 2.48. The molecule has 1 saturated carbocycles. The number of methoxy groups -OCH3 is 1. The van der Waals surface area contributed by atoms with Crippen LogP contribution < -0.4 is 9.46 Å². The number of likely N-dealkylation sites (N-methyl/N-ethyl adjacent to an activating group) is 1. The van der Waals surface area contributed by atoms with Gasteiger partial charge in [-0.1, -0.05) is 18.5 Å². The van der Waals surface area contributed by atoms with Crippen LogP contribution in [0.5, 0.6) is 5.75 Å². The molecule has 0 unspecified atom stereocenters. The summed E-state index contributed by atoms with van der Waals surface area (Å²) in [5.74, 6) is -0.584. The predicted molar refractivity (Wildman–Crippen MR) is 90.0 cm³/mol. The van der Waals surface area contributed by atoms with Crippen LogP contribution in [0.2, 0.25) is 5.02 Å². The van der Waals surface area contributed by atoms with Crippen molar-refractivity contribution in [1.82, 2.24) is 9.62 Å². The highest BCUT2D eigenvalue weighted by atomic mass is 35.5. The van der Waals surface area contributed by atoms with Gasteiger partial charge in [0, 0.05) is 18.2 Å². The second-order valence-corrected chi connectivity index (χ2v) is 7.82. The lowest BCUT2D eigenvalue weighted by atomic mass is 9.86. The van der Waals surface area contributed by atoms with Crippen molar-refractivity contribution in [2.75, 3.05) is 20.2 Å². The topological polar surface area (TPSA) is 95.9 Å². The van der Waals surface area contributed by atoms with Crippen LogP contribution in [0, 0.1) is 0 Å². The smallest absolute Gasteiger partial charge is 0.317 e. The minimum atomic E-state index is -3.67. The van der Waals surface area contributed by atoms with Crippen molar-refractivity contribution in [2.24, 2.45) is 0 Å². The fraction of sp³-hybridized carbons (Fsp3) is 0.533. The molecule has 0 aliphatic heterocycles. The number of nitrogens with zero attached hydrogens (tertiary/aromatic N) is 1. The second kappa shape index (κ2) is 7.69. The normalized spacial score (nSPS) is 20.7. The molecule has 1 aliphatic carbocycles. The van der Waals surface area contributed by atoms with Gasteiger partial charge in [0.2, 0.25) is 10.0 Å². The minimum Gasteiger partial charge on any atom is -0.495 e. The maximum atomic E-state index is 12.4. The maximum Gasteiger partial charge on any atom is 0.317 e. The fourth-order valence-corrected chi connectivity index (χ4v) is 4.22. The number of nitrogens with one attached hydrogen (secondary N) is 1. The standard InChI is InChI=1S/C15H21ClN2O5S/c1-3-18(9-15(19)20)11-6-10(7-11)17-24(21,22)12-4-5-13(16)14(8-12)23-2/h4-5,8,10-11,17H,3,6-7,9H2,1-2H3,(H,19,20). The third-order valence-corrected chi connectivity index (χ3v) is 5.96. The highest BCUT2D eigenvalue weighted by Crippen LogP contribution is 2.30. The first-order valence-electron chi connectivity index (χ1n) is 7.58. The molecule has 24 heavy (non-hydrogen) atoms. The van der Waals surface area contributed by atoms with Gasteiger partial charge in [-0.25, -0.2) is 13.1 Å². The number of hydrogen-bond acceptors (Lipinski definition) is 5. The predicted octanol–water partition coefficient (Wildman–Crippen LogP) is 1.56. The molecular formula is C15H21ClN2O5S. The van der Waals surface area contributed by atoms with Crippen LogP contribution in [0.3, 0.4) is 0 Å². The number of benzene rings is 1. The molecule has 9 heteroatoms. The number of aliphatic carboxylic acids is 1. The minimum absolute atomic E-state index is 0.0327. The van der Waals surface area contributed by atoms with Crippen LogP contribution >= 0.6 is 11.6 Å². The summed E-state index contributed by atoms with van der Waals surface area (Å²) in [6.07, 6.45) is 1.18. The SMILES string of the molecule is CCN(CC(=O)O)C1CC(NS(=O)(=O)c2ccc(Cl)c(OC)c2)C1. The number of ether oxygens (including phenoxy) is 1. The number of carboxylic acids is 1. The fourth-order valence-electron chi connectivity index (χ4n) is 2.75. The molecule has 1 aliphatic rings. The van der Waals surface area contributed by atoms with E-state index in [1.807, 2.05) is 11.8 Å². The number of carboxylic acid groups (broad SMARTS) is 1. The Morgan fingerprint density at radius 3 is 2.67 bits per heavy atom. The molecule has 0 radical (unpaired) electrons. The van der Waals surface area contributed by atoms with Crippen molar-refractivity contribution < 1.29 is 23.1 Å². The molecule has 1 fully saturated rings. The second-order valence-electron chi connectivity index (χ2n) is 5.70. The van der Waals surface area contributed by atoms with Gasteiger partial charge in [-0.2, -0.15) is 0 Å². The van der Waals surface area contributed by atoms with Gasteiger partial charge >= 0.3 is 5.97 Å². The molecule has 7 nitrogen and oxygen atoms in total. The van der Waals surface area contributed by atoms with Gasteiger partial charge in [0.25, 0.3) is 0 Å². The number of carbonyl (C=O) groups is 1. The zero-order chi connectivity index (χ0) is 17.9. The van der Waals surface area contributed by atoms with E-state index >= 15 is 0 Å². The van der Waals surface area contributed by atoms with Gasteiger partial charge in [0.05, 0.1) is 23.6 Å². The largest absolute Gasteiger partial charge is 0.495 e. The zero-order valence-electron chi connectivity index (χ0n) is 13.5. The Labute approximate surface area is 146 Å². The highest BCUT2D eigenvalue weighted by molar-refractivity contribution is 7.89. The Balaban J connectivity index is 1.98. The lowest BCUT2D eigenvalue weighted by Gasteiger charge is -2.42. The van der Waals surface area contributed by atoms with Crippen molar-refractivity contribution in [3.63, 3.8) is 0 Å². The van der Waals surface area contributed by atoms with Crippen molar-refractivity contribution in [1.29, 1.82) is 0 Å². The van der Waals surface area contributed by atoms with E-state index < -0.39 is 16.0 Å². The summed E-state index contributed by atoms with van der Waals surface area (Å²) < 4.78 is 32.5.